The molecule has 1 aromatic heterocycles. The van der Waals surface area contributed by atoms with Crippen LogP contribution in [0.1, 0.15) is 37.0 Å². The molecule has 1 fully saturated rings. The molecule has 0 aromatic carbocycles. The largest absolute Gasteiger partial charge is 0.463 e. The Labute approximate surface area is 98.5 Å². The number of alkyl halides is 5. The summed E-state index contributed by atoms with van der Waals surface area (Å²) in [5, 5.41) is 6.12. The molecular weight excluding hydrogens is 261 g/mol. The Morgan fingerprint density at radius 1 is 1.17 bits per heavy atom. The summed E-state index contributed by atoms with van der Waals surface area (Å²) in [5.74, 6) is -6.99. The van der Waals surface area contributed by atoms with E-state index in [4.69, 9.17) is 0 Å². The van der Waals surface area contributed by atoms with Crippen LogP contribution in [0.5, 0.6) is 0 Å². The SMILES string of the molecule is FC(F)(F)C(F)(F)c1nc(C2CCCCN2)no1. The Morgan fingerprint density at radius 3 is 2.44 bits per heavy atom. The second kappa shape index (κ2) is 4.45. The summed E-state index contributed by atoms with van der Waals surface area (Å²) in [5.41, 5.74) is 0. The minimum absolute atomic E-state index is 0.159. The number of hydrogen-bond donors (Lipinski definition) is 1. The van der Waals surface area contributed by atoms with Gasteiger partial charge in [-0.3, -0.25) is 0 Å². The average molecular weight is 271 g/mol. The van der Waals surface area contributed by atoms with Gasteiger partial charge < -0.3 is 9.84 Å². The van der Waals surface area contributed by atoms with Crippen molar-refractivity contribution in [1.82, 2.24) is 15.5 Å². The van der Waals surface area contributed by atoms with E-state index in [-0.39, 0.29) is 5.82 Å². The molecule has 1 saturated heterocycles. The highest BCUT2D eigenvalue weighted by molar-refractivity contribution is 5.01. The first-order valence-electron chi connectivity index (χ1n) is 5.34. The van der Waals surface area contributed by atoms with Crippen LogP contribution >= 0.6 is 0 Å². The lowest BCUT2D eigenvalue weighted by Crippen LogP contribution is -2.34. The molecule has 1 N–H and O–H groups in total. The smallest absolute Gasteiger partial charge is 0.332 e. The van der Waals surface area contributed by atoms with Crippen LogP contribution in [0.4, 0.5) is 22.0 Å². The van der Waals surface area contributed by atoms with Crippen molar-refractivity contribution in [3.63, 3.8) is 0 Å². The summed E-state index contributed by atoms with van der Waals surface area (Å²) in [7, 11) is 0. The van der Waals surface area contributed by atoms with E-state index in [1.165, 1.54) is 0 Å². The standard InChI is InChI=1S/C9H10F5N3O/c10-8(11,9(12,13)14)7-16-6(17-18-7)5-3-1-2-4-15-5/h5,15H,1-4H2. The van der Waals surface area contributed by atoms with Crippen molar-refractivity contribution in [2.75, 3.05) is 6.54 Å². The summed E-state index contributed by atoms with van der Waals surface area (Å²) in [6, 6.07) is -0.430. The quantitative estimate of drug-likeness (QED) is 0.840. The summed E-state index contributed by atoms with van der Waals surface area (Å²) in [6.45, 7) is 0.643. The van der Waals surface area contributed by atoms with E-state index in [1.807, 2.05) is 0 Å². The first-order valence-corrected chi connectivity index (χ1v) is 5.34. The number of hydrogen-bond acceptors (Lipinski definition) is 4. The maximum atomic E-state index is 12.9. The number of nitrogens with one attached hydrogen (secondary N) is 1. The van der Waals surface area contributed by atoms with Crippen molar-refractivity contribution in [2.45, 2.75) is 37.4 Å². The van der Waals surface area contributed by atoms with Gasteiger partial charge in [-0.05, 0) is 19.4 Å². The van der Waals surface area contributed by atoms with Crippen LogP contribution in [0.15, 0.2) is 4.52 Å². The Morgan fingerprint density at radius 2 is 1.89 bits per heavy atom. The van der Waals surface area contributed by atoms with Gasteiger partial charge in [-0.1, -0.05) is 11.6 Å². The van der Waals surface area contributed by atoms with E-state index in [2.05, 4.69) is 20.0 Å². The topological polar surface area (TPSA) is 51.0 Å². The second-order valence-electron chi connectivity index (χ2n) is 4.03. The molecule has 0 spiro atoms. The fraction of sp³-hybridized carbons (Fsp3) is 0.778. The maximum Gasteiger partial charge on any atom is 0.463 e. The zero-order valence-electron chi connectivity index (χ0n) is 9.10. The normalized spacial score (nSPS) is 22.2. The molecule has 0 radical (unpaired) electrons. The highest BCUT2D eigenvalue weighted by atomic mass is 19.4. The van der Waals surface area contributed by atoms with Crippen LogP contribution in [0.3, 0.4) is 0 Å². The molecular formula is C9H10F5N3O. The Bertz CT molecular complexity index is 411. The van der Waals surface area contributed by atoms with E-state index in [1.54, 1.807) is 0 Å². The van der Waals surface area contributed by atoms with Crippen molar-refractivity contribution < 1.29 is 26.5 Å². The monoisotopic (exact) mass is 271 g/mol. The summed E-state index contributed by atoms with van der Waals surface area (Å²) < 4.78 is 66.1. The van der Waals surface area contributed by atoms with Crippen LogP contribution in [-0.4, -0.2) is 22.9 Å². The number of aromatic nitrogens is 2. The van der Waals surface area contributed by atoms with Gasteiger partial charge in [0.2, 0.25) is 0 Å². The lowest BCUT2D eigenvalue weighted by atomic mass is 10.0. The van der Waals surface area contributed by atoms with Crippen LogP contribution < -0.4 is 5.32 Å². The first-order chi connectivity index (χ1) is 8.32. The molecule has 0 saturated carbocycles. The van der Waals surface area contributed by atoms with E-state index >= 15 is 0 Å². The molecule has 2 heterocycles. The van der Waals surface area contributed by atoms with Gasteiger partial charge >= 0.3 is 18.0 Å². The molecule has 4 nitrogen and oxygen atoms in total. The number of piperidine rings is 1. The van der Waals surface area contributed by atoms with Crippen molar-refractivity contribution in [3.8, 4) is 0 Å². The van der Waals surface area contributed by atoms with Crippen molar-refractivity contribution in [2.24, 2.45) is 0 Å². The molecule has 1 aromatic rings. The molecule has 102 valence electrons. The first kappa shape index (κ1) is 13.2. The fourth-order valence-electron chi connectivity index (χ4n) is 1.70. The zero-order valence-corrected chi connectivity index (χ0v) is 9.10. The lowest BCUT2D eigenvalue weighted by molar-refractivity contribution is -0.298. The molecule has 1 unspecified atom stereocenters. The third-order valence-corrected chi connectivity index (χ3v) is 2.69. The summed E-state index contributed by atoms with van der Waals surface area (Å²) in [4.78, 5) is 3.16. The Balaban J connectivity index is 2.19. The molecule has 18 heavy (non-hydrogen) atoms. The van der Waals surface area contributed by atoms with Crippen molar-refractivity contribution >= 4 is 0 Å². The fourth-order valence-corrected chi connectivity index (χ4v) is 1.70. The number of nitrogens with zero attached hydrogens (tertiary/aromatic N) is 2. The highest BCUT2D eigenvalue weighted by Crippen LogP contribution is 2.43. The summed E-state index contributed by atoms with van der Waals surface area (Å²) >= 11 is 0. The van der Waals surface area contributed by atoms with E-state index in [0.717, 1.165) is 12.8 Å². The van der Waals surface area contributed by atoms with E-state index < -0.39 is 24.0 Å². The minimum atomic E-state index is -5.74. The third-order valence-electron chi connectivity index (χ3n) is 2.69. The Kier molecular flexibility index (Phi) is 3.26. The molecule has 0 amide bonds. The van der Waals surface area contributed by atoms with Gasteiger partial charge in [0, 0.05) is 0 Å². The van der Waals surface area contributed by atoms with Gasteiger partial charge in [0.15, 0.2) is 5.82 Å². The number of halogens is 5. The predicted octanol–water partition coefficient (Wildman–Crippen LogP) is 2.54. The predicted molar refractivity (Wildman–Crippen MR) is 48.8 cm³/mol. The van der Waals surface area contributed by atoms with E-state index in [0.29, 0.717) is 13.0 Å². The van der Waals surface area contributed by atoms with Crippen LogP contribution in [0, 0.1) is 0 Å². The molecule has 0 bridgehead atoms. The Hall–Kier alpha value is -1.25. The molecule has 1 atom stereocenters. The van der Waals surface area contributed by atoms with Gasteiger partial charge in [0.1, 0.15) is 0 Å². The van der Waals surface area contributed by atoms with Gasteiger partial charge in [0.05, 0.1) is 6.04 Å². The molecule has 1 aliphatic heterocycles. The third kappa shape index (κ3) is 2.31. The molecule has 0 aliphatic carbocycles. The van der Waals surface area contributed by atoms with Gasteiger partial charge in [0.25, 0.3) is 0 Å². The van der Waals surface area contributed by atoms with Crippen molar-refractivity contribution in [3.05, 3.63) is 11.7 Å². The van der Waals surface area contributed by atoms with E-state index in [9.17, 15) is 22.0 Å². The zero-order chi connectivity index (χ0) is 13.4. The van der Waals surface area contributed by atoms with Crippen molar-refractivity contribution in [1.29, 1.82) is 0 Å². The van der Waals surface area contributed by atoms with Gasteiger partial charge in [-0.15, -0.1) is 0 Å². The van der Waals surface area contributed by atoms with Gasteiger partial charge in [-0.25, -0.2) is 0 Å². The lowest BCUT2D eigenvalue weighted by Gasteiger charge is -2.20. The van der Waals surface area contributed by atoms with Crippen LogP contribution in [0.2, 0.25) is 0 Å². The highest BCUT2D eigenvalue weighted by Gasteiger charge is 2.63. The van der Waals surface area contributed by atoms with Gasteiger partial charge in [-0.2, -0.15) is 26.9 Å². The second-order valence-corrected chi connectivity index (χ2v) is 4.03. The molecule has 9 heteroatoms. The minimum Gasteiger partial charge on any atom is -0.332 e. The van der Waals surface area contributed by atoms with Crippen LogP contribution in [-0.2, 0) is 5.92 Å². The van der Waals surface area contributed by atoms with Crippen LogP contribution in [0.25, 0.3) is 0 Å². The maximum absolute atomic E-state index is 12.9. The average Bonchev–Trinajstić information content (AvgIpc) is 2.78. The summed E-state index contributed by atoms with van der Waals surface area (Å²) in [6.07, 6.45) is -3.41. The molecule has 1 aliphatic rings. The number of rotatable bonds is 2. The molecule has 2 rings (SSSR count).